The van der Waals surface area contributed by atoms with Crippen molar-refractivity contribution in [1.29, 1.82) is 0 Å². The first kappa shape index (κ1) is 17.1. The summed E-state index contributed by atoms with van der Waals surface area (Å²) in [4.78, 5) is 35.1. The number of nitrogens with one attached hydrogen (secondary N) is 1. The summed E-state index contributed by atoms with van der Waals surface area (Å²) in [6, 6.07) is 14.5. The maximum Gasteiger partial charge on any atom is 0.247 e. The lowest BCUT2D eigenvalue weighted by atomic mass is 10.1. The summed E-state index contributed by atoms with van der Waals surface area (Å²) in [7, 11) is 0. The van der Waals surface area contributed by atoms with Crippen molar-refractivity contribution in [2.24, 2.45) is 0 Å². The number of benzene rings is 2. The van der Waals surface area contributed by atoms with Crippen LogP contribution in [0.15, 0.2) is 54.9 Å². The van der Waals surface area contributed by atoms with E-state index in [1.807, 2.05) is 24.3 Å². The van der Waals surface area contributed by atoms with Crippen LogP contribution in [0.25, 0.3) is 10.9 Å². The molecule has 0 bridgehead atoms. The lowest BCUT2D eigenvalue weighted by molar-refractivity contribution is -0.117. The van der Waals surface area contributed by atoms with Crippen LogP contribution in [0.4, 0.5) is 11.5 Å². The third-order valence-electron chi connectivity index (χ3n) is 4.91. The van der Waals surface area contributed by atoms with Gasteiger partial charge in [0.15, 0.2) is 5.78 Å². The molecule has 0 saturated carbocycles. The first-order valence-corrected chi connectivity index (χ1v) is 9.02. The molecule has 4 rings (SSSR count). The number of para-hydroxylation sites is 1. The largest absolute Gasteiger partial charge is 0.344 e. The molecule has 1 saturated heterocycles. The molecular formula is C21H20N4O2. The minimum atomic E-state index is -0.282. The van der Waals surface area contributed by atoms with E-state index in [4.69, 9.17) is 0 Å². The third-order valence-corrected chi connectivity index (χ3v) is 4.91. The SMILES string of the molecule is CC(=O)c1ccc(NC(=O)[C@@H]2CCCN2c2ncnc3ccccc23)cc1. The zero-order valence-corrected chi connectivity index (χ0v) is 15.1. The van der Waals surface area contributed by atoms with E-state index in [-0.39, 0.29) is 17.7 Å². The van der Waals surface area contributed by atoms with Gasteiger partial charge in [-0.05, 0) is 56.2 Å². The van der Waals surface area contributed by atoms with E-state index >= 15 is 0 Å². The molecule has 0 spiro atoms. The fraction of sp³-hybridized carbons (Fsp3) is 0.238. The van der Waals surface area contributed by atoms with Gasteiger partial charge in [-0.1, -0.05) is 12.1 Å². The van der Waals surface area contributed by atoms with Crippen LogP contribution >= 0.6 is 0 Å². The van der Waals surface area contributed by atoms with E-state index < -0.39 is 0 Å². The van der Waals surface area contributed by atoms with Gasteiger partial charge in [-0.15, -0.1) is 0 Å². The maximum absolute atomic E-state index is 12.9. The first-order chi connectivity index (χ1) is 13.1. The smallest absolute Gasteiger partial charge is 0.247 e. The molecule has 1 aliphatic rings. The van der Waals surface area contributed by atoms with Crippen LogP contribution < -0.4 is 10.2 Å². The average molecular weight is 360 g/mol. The van der Waals surface area contributed by atoms with Crippen molar-refractivity contribution in [3.63, 3.8) is 0 Å². The quantitative estimate of drug-likeness (QED) is 0.722. The summed E-state index contributed by atoms with van der Waals surface area (Å²) >= 11 is 0. The molecule has 0 radical (unpaired) electrons. The molecule has 6 heteroatoms. The number of Topliss-reactive ketones (excluding diaryl/α,β-unsaturated/α-hetero) is 1. The fourth-order valence-electron chi connectivity index (χ4n) is 3.53. The summed E-state index contributed by atoms with van der Waals surface area (Å²) < 4.78 is 0. The van der Waals surface area contributed by atoms with Crippen molar-refractivity contribution in [2.45, 2.75) is 25.8 Å². The summed E-state index contributed by atoms with van der Waals surface area (Å²) in [5, 5.41) is 3.91. The predicted molar refractivity (Wildman–Crippen MR) is 105 cm³/mol. The number of nitrogens with zero attached hydrogens (tertiary/aromatic N) is 3. The Bertz CT molecular complexity index is 995. The molecule has 1 fully saturated rings. The van der Waals surface area contributed by atoms with Gasteiger partial charge in [0, 0.05) is 23.2 Å². The Labute approximate surface area is 157 Å². The van der Waals surface area contributed by atoms with E-state index in [0.29, 0.717) is 11.3 Å². The summed E-state index contributed by atoms with van der Waals surface area (Å²) in [6.07, 6.45) is 3.25. The van der Waals surface area contributed by atoms with Gasteiger partial charge in [-0.2, -0.15) is 0 Å². The van der Waals surface area contributed by atoms with E-state index in [2.05, 4.69) is 20.2 Å². The monoisotopic (exact) mass is 360 g/mol. The minimum absolute atomic E-state index is 0.00508. The van der Waals surface area contributed by atoms with Crippen LogP contribution in [-0.2, 0) is 4.79 Å². The molecule has 6 nitrogen and oxygen atoms in total. The molecule has 1 aliphatic heterocycles. The Hall–Kier alpha value is -3.28. The van der Waals surface area contributed by atoms with Crippen LogP contribution in [0.3, 0.4) is 0 Å². The molecule has 1 amide bonds. The zero-order valence-electron chi connectivity index (χ0n) is 15.1. The molecule has 0 aliphatic carbocycles. The van der Waals surface area contributed by atoms with Crippen LogP contribution in [0, 0.1) is 0 Å². The first-order valence-electron chi connectivity index (χ1n) is 9.02. The zero-order chi connectivity index (χ0) is 18.8. The maximum atomic E-state index is 12.9. The number of aromatic nitrogens is 2. The molecule has 1 N–H and O–H groups in total. The van der Waals surface area contributed by atoms with Gasteiger partial charge >= 0.3 is 0 Å². The second-order valence-corrected chi connectivity index (χ2v) is 6.69. The highest BCUT2D eigenvalue weighted by Gasteiger charge is 2.32. The average Bonchev–Trinajstić information content (AvgIpc) is 3.18. The highest BCUT2D eigenvalue weighted by molar-refractivity contribution is 6.00. The van der Waals surface area contributed by atoms with Crippen LogP contribution in [-0.4, -0.2) is 34.2 Å². The summed E-state index contributed by atoms with van der Waals surface area (Å²) in [6.45, 7) is 2.30. The number of amides is 1. The van der Waals surface area contributed by atoms with Gasteiger partial charge < -0.3 is 10.2 Å². The number of carbonyl (C=O) groups excluding carboxylic acids is 2. The molecule has 3 aromatic rings. The lowest BCUT2D eigenvalue weighted by Gasteiger charge is -2.25. The highest BCUT2D eigenvalue weighted by atomic mass is 16.2. The number of carbonyl (C=O) groups is 2. The number of rotatable bonds is 4. The van der Waals surface area contributed by atoms with Crippen molar-refractivity contribution < 1.29 is 9.59 Å². The van der Waals surface area contributed by atoms with Gasteiger partial charge in [-0.25, -0.2) is 9.97 Å². The van der Waals surface area contributed by atoms with Crippen molar-refractivity contribution in [3.05, 3.63) is 60.4 Å². The second kappa shape index (κ2) is 7.15. The molecule has 27 heavy (non-hydrogen) atoms. The topological polar surface area (TPSA) is 75.2 Å². The fourth-order valence-corrected chi connectivity index (χ4v) is 3.53. The van der Waals surface area contributed by atoms with Crippen LogP contribution in [0.5, 0.6) is 0 Å². The van der Waals surface area contributed by atoms with Gasteiger partial charge in [-0.3, -0.25) is 9.59 Å². The molecular weight excluding hydrogens is 340 g/mol. The normalized spacial score (nSPS) is 16.5. The summed E-state index contributed by atoms with van der Waals surface area (Å²) in [5.74, 6) is 0.737. The van der Waals surface area contributed by atoms with Gasteiger partial charge in [0.05, 0.1) is 5.52 Å². The van der Waals surface area contributed by atoms with E-state index in [9.17, 15) is 9.59 Å². The second-order valence-electron chi connectivity index (χ2n) is 6.69. The number of hydrogen-bond donors (Lipinski definition) is 1. The lowest BCUT2D eigenvalue weighted by Crippen LogP contribution is -2.40. The van der Waals surface area contributed by atoms with Crippen molar-refractivity contribution in [1.82, 2.24) is 9.97 Å². The minimum Gasteiger partial charge on any atom is -0.344 e. The van der Waals surface area contributed by atoms with Gasteiger partial charge in [0.25, 0.3) is 0 Å². The Balaban J connectivity index is 1.57. The Kier molecular flexibility index (Phi) is 4.54. The summed E-state index contributed by atoms with van der Waals surface area (Å²) in [5.41, 5.74) is 2.18. The number of hydrogen-bond acceptors (Lipinski definition) is 5. The predicted octanol–water partition coefficient (Wildman–Crippen LogP) is 3.44. The molecule has 2 heterocycles. The molecule has 136 valence electrons. The number of anilines is 2. The molecule has 1 aromatic heterocycles. The molecule has 2 aromatic carbocycles. The van der Waals surface area contributed by atoms with Gasteiger partial charge in [0.2, 0.25) is 5.91 Å². The molecule has 0 unspecified atom stereocenters. The van der Waals surface area contributed by atoms with E-state index in [1.54, 1.807) is 30.6 Å². The van der Waals surface area contributed by atoms with E-state index in [1.165, 1.54) is 6.92 Å². The number of ketones is 1. The Morgan fingerprint density at radius 2 is 1.85 bits per heavy atom. The standard InChI is InChI=1S/C21H20N4O2/c1-14(26)15-8-10-16(11-9-15)24-21(27)19-7-4-12-25(19)20-17-5-2-3-6-18(17)22-13-23-20/h2-3,5-6,8-11,13,19H,4,7,12H2,1H3,(H,24,27)/t19-/m0/s1. The number of fused-ring (bicyclic) bond motifs is 1. The van der Waals surface area contributed by atoms with Crippen LogP contribution in [0.1, 0.15) is 30.1 Å². The molecule has 1 atom stereocenters. The van der Waals surface area contributed by atoms with Crippen LogP contribution in [0.2, 0.25) is 0 Å². The Morgan fingerprint density at radius 3 is 2.63 bits per heavy atom. The highest BCUT2D eigenvalue weighted by Crippen LogP contribution is 2.30. The van der Waals surface area contributed by atoms with Crippen molar-refractivity contribution in [3.8, 4) is 0 Å². The van der Waals surface area contributed by atoms with Gasteiger partial charge in [0.1, 0.15) is 18.2 Å². The van der Waals surface area contributed by atoms with E-state index in [0.717, 1.165) is 36.1 Å². The Morgan fingerprint density at radius 1 is 1.07 bits per heavy atom. The third kappa shape index (κ3) is 3.38. The van der Waals surface area contributed by atoms with Crippen molar-refractivity contribution >= 4 is 34.1 Å². The van der Waals surface area contributed by atoms with Crippen molar-refractivity contribution in [2.75, 3.05) is 16.8 Å².